The van der Waals surface area contributed by atoms with Gasteiger partial charge in [0.1, 0.15) is 16.7 Å². The fraction of sp³-hybridized carbons (Fsp3) is 0. The molecule has 4 heteroatoms. The Kier molecular flexibility index (Phi) is 5.08. The number of furan rings is 2. The van der Waals surface area contributed by atoms with E-state index in [9.17, 15) is 0 Å². The van der Waals surface area contributed by atoms with E-state index < -0.39 is 0 Å². The van der Waals surface area contributed by atoms with Crippen molar-refractivity contribution in [1.29, 1.82) is 0 Å². The highest BCUT2D eigenvalue weighted by molar-refractivity contribution is 6.20. The summed E-state index contributed by atoms with van der Waals surface area (Å²) in [5, 5.41) is 8.15. The zero-order valence-corrected chi connectivity index (χ0v) is 25.7. The van der Waals surface area contributed by atoms with Gasteiger partial charge in [0.25, 0.3) is 0 Å². The molecule has 0 saturated carbocycles. The van der Waals surface area contributed by atoms with Gasteiger partial charge in [-0.2, -0.15) is 0 Å². The van der Waals surface area contributed by atoms with Crippen molar-refractivity contribution in [2.24, 2.45) is 0 Å². The van der Waals surface area contributed by atoms with Crippen LogP contribution in [0.15, 0.2) is 167 Å². The van der Waals surface area contributed by atoms with Crippen molar-refractivity contribution in [2.75, 3.05) is 0 Å². The van der Waals surface area contributed by atoms with Gasteiger partial charge < -0.3 is 13.4 Å². The lowest BCUT2D eigenvalue weighted by Gasteiger charge is -2.07. The second-order valence-corrected chi connectivity index (χ2v) is 12.5. The second kappa shape index (κ2) is 9.50. The van der Waals surface area contributed by atoms with E-state index in [-0.39, 0.29) is 0 Å². The monoisotopic (exact) mass is 614 g/mol. The number of rotatable bonds is 3. The first-order valence-electron chi connectivity index (χ1n) is 16.3. The van der Waals surface area contributed by atoms with Gasteiger partial charge >= 0.3 is 0 Å². The normalized spacial score (nSPS) is 12.2. The summed E-state index contributed by atoms with van der Waals surface area (Å²) in [5.41, 5.74) is 11.3. The molecule has 0 spiro atoms. The summed E-state index contributed by atoms with van der Waals surface area (Å²) in [7, 11) is 0. The fourth-order valence-corrected chi connectivity index (χ4v) is 7.79. The Bertz CT molecular complexity index is 3010. The molecule has 0 atom stereocenters. The van der Waals surface area contributed by atoms with Crippen molar-refractivity contribution < 1.29 is 8.83 Å². The van der Waals surface area contributed by atoms with Crippen LogP contribution in [0.1, 0.15) is 0 Å². The van der Waals surface area contributed by atoms with Crippen LogP contribution in [-0.4, -0.2) is 9.13 Å². The molecule has 11 rings (SSSR count). The quantitative estimate of drug-likeness (QED) is 0.198. The number of aromatic nitrogens is 2. The highest BCUT2D eigenvalue weighted by Gasteiger charge is 2.20. The molecule has 0 amide bonds. The highest BCUT2D eigenvalue weighted by atomic mass is 16.3. The van der Waals surface area contributed by atoms with Crippen molar-refractivity contribution in [2.45, 2.75) is 0 Å². The molecule has 0 aliphatic rings. The molecule has 7 aromatic carbocycles. The standard InChI is InChI=1S/C44H26N2O2/c1-2-10-29(11-3-1)46-39-17-9-6-14-35(39)43-36-22-19-28(25-41(36)48-44(43)46)27-18-21-33-34-23-20-30(26-42(34)47-40(33)24-27)45-37-15-7-4-12-31(37)32-13-5-8-16-38(32)45/h1-26H. The molecule has 4 heterocycles. The first-order valence-corrected chi connectivity index (χ1v) is 16.3. The van der Waals surface area contributed by atoms with Crippen LogP contribution in [0.2, 0.25) is 0 Å². The second-order valence-electron chi connectivity index (χ2n) is 12.5. The Morgan fingerprint density at radius 3 is 1.54 bits per heavy atom. The molecule has 0 bridgehead atoms. The van der Waals surface area contributed by atoms with Crippen LogP contribution in [0.4, 0.5) is 0 Å². The van der Waals surface area contributed by atoms with E-state index in [0.29, 0.717) is 0 Å². The van der Waals surface area contributed by atoms with E-state index in [0.717, 1.165) is 72.0 Å². The Morgan fingerprint density at radius 2 is 0.854 bits per heavy atom. The van der Waals surface area contributed by atoms with Gasteiger partial charge in [0.05, 0.1) is 21.9 Å². The zero-order chi connectivity index (χ0) is 31.3. The molecule has 0 unspecified atom stereocenters. The van der Waals surface area contributed by atoms with Gasteiger partial charge in [-0.1, -0.05) is 84.9 Å². The van der Waals surface area contributed by atoms with Crippen LogP contribution in [-0.2, 0) is 0 Å². The van der Waals surface area contributed by atoms with E-state index >= 15 is 0 Å². The van der Waals surface area contributed by atoms with E-state index in [1.54, 1.807) is 0 Å². The van der Waals surface area contributed by atoms with Crippen molar-refractivity contribution in [1.82, 2.24) is 9.13 Å². The topological polar surface area (TPSA) is 36.1 Å². The first-order chi connectivity index (χ1) is 23.8. The van der Waals surface area contributed by atoms with Gasteiger partial charge in [-0.15, -0.1) is 0 Å². The van der Waals surface area contributed by atoms with E-state index in [1.807, 2.05) is 6.07 Å². The van der Waals surface area contributed by atoms with Gasteiger partial charge in [-0.05, 0) is 77.9 Å². The first kappa shape index (κ1) is 25.6. The van der Waals surface area contributed by atoms with Crippen LogP contribution in [0.25, 0.3) is 99.2 Å². The van der Waals surface area contributed by atoms with Gasteiger partial charge in [0.2, 0.25) is 5.71 Å². The van der Waals surface area contributed by atoms with E-state index in [4.69, 9.17) is 8.83 Å². The highest BCUT2D eigenvalue weighted by Crippen LogP contribution is 2.41. The summed E-state index contributed by atoms with van der Waals surface area (Å²) in [4.78, 5) is 0. The Hall–Kier alpha value is -6.52. The molecule has 0 N–H and O–H groups in total. The molecule has 0 saturated heterocycles. The molecule has 0 aliphatic carbocycles. The minimum absolute atomic E-state index is 0.862. The van der Waals surface area contributed by atoms with Crippen molar-refractivity contribution >= 4 is 76.7 Å². The molecule has 0 fully saturated rings. The van der Waals surface area contributed by atoms with Crippen LogP contribution in [0.3, 0.4) is 0 Å². The lowest BCUT2D eigenvalue weighted by Crippen LogP contribution is -1.93. The molecular weight excluding hydrogens is 588 g/mol. The van der Waals surface area contributed by atoms with E-state index in [1.165, 1.54) is 27.2 Å². The Balaban J connectivity index is 1.05. The Labute approximate surface area is 274 Å². The lowest BCUT2D eigenvalue weighted by molar-refractivity contribution is 0.645. The maximum atomic E-state index is 6.67. The number of fused-ring (bicyclic) bond motifs is 11. The van der Waals surface area contributed by atoms with Crippen LogP contribution in [0, 0.1) is 0 Å². The zero-order valence-electron chi connectivity index (χ0n) is 25.7. The lowest BCUT2D eigenvalue weighted by atomic mass is 10.0. The fourth-order valence-electron chi connectivity index (χ4n) is 7.79. The number of hydrogen-bond donors (Lipinski definition) is 0. The molecule has 11 aromatic rings. The number of para-hydroxylation sites is 4. The third-order valence-corrected chi connectivity index (χ3v) is 9.93. The molecule has 48 heavy (non-hydrogen) atoms. The maximum Gasteiger partial charge on any atom is 0.213 e. The van der Waals surface area contributed by atoms with Crippen LogP contribution < -0.4 is 0 Å². The summed E-state index contributed by atoms with van der Waals surface area (Å²) in [5.74, 6) is 0. The summed E-state index contributed by atoms with van der Waals surface area (Å²) in [6, 6.07) is 55.7. The summed E-state index contributed by atoms with van der Waals surface area (Å²) >= 11 is 0. The van der Waals surface area contributed by atoms with Gasteiger partial charge in [-0.25, -0.2) is 0 Å². The molecule has 0 radical (unpaired) electrons. The third kappa shape index (κ3) is 3.49. The van der Waals surface area contributed by atoms with Gasteiger partial charge in [-0.3, -0.25) is 4.57 Å². The van der Waals surface area contributed by atoms with E-state index in [2.05, 4.69) is 161 Å². The molecule has 224 valence electrons. The minimum Gasteiger partial charge on any atom is -0.456 e. The summed E-state index contributed by atoms with van der Waals surface area (Å²) < 4.78 is 17.8. The van der Waals surface area contributed by atoms with Crippen molar-refractivity contribution in [3.63, 3.8) is 0 Å². The molecule has 0 aliphatic heterocycles. The average Bonchev–Trinajstić information content (AvgIpc) is 3.88. The van der Waals surface area contributed by atoms with Gasteiger partial charge in [0, 0.05) is 49.8 Å². The average molecular weight is 615 g/mol. The predicted octanol–water partition coefficient (Wildman–Crippen LogP) is 12.2. The van der Waals surface area contributed by atoms with Gasteiger partial charge in [0.15, 0.2) is 0 Å². The largest absolute Gasteiger partial charge is 0.456 e. The van der Waals surface area contributed by atoms with Crippen molar-refractivity contribution in [3.8, 4) is 22.5 Å². The maximum absolute atomic E-state index is 6.67. The van der Waals surface area contributed by atoms with Crippen molar-refractivity contribution in [3.05, 3.63) is 158 Å². The number of hydrogen-bond acceptors (Lipinski definition) is 2. The van der Waals surface area contributed by atoms with Crippen LogP contribution in [0.5, 0.6) is 0 Å². The summed E-state index contributed by atoms with van der Waals surface area (Å²) in [6.45, 7) is 0. The molecular formula is C44H26N2O2. The molecule has 4 nitrogen and oxygen atoms in total. The smallest absolute Gasteiger partial charge is 0.213 e. The Morgan fingerprint density at radius 1 is 0.333 bits per heavy atom. The SMILES string of the molecule is c1ccc(-n2c3ccccc3c3c4ccc(-c5ccc6c(c5)oc5cc(-n7c8ccccc8c8ccccc87)ccc56)cc4oc32)cc1. The third-order valence-electron chi connectivity index (χ3n) is 9.93. The minimum atomic E-state index is 0.862. The number of nitrogens with zero attached hydrogens (tertiary/aromatic N) is 2. The van der Waals surface area contributed by atoms with Crippen LogP contribution >= 0.6 is 0 Å². The molecule has 4 aromatic heterocycles. The summed E-state index contributed by atoms with van der Waals surface area (Å²) in [6.07, 6.45) is 0. The predicted molar refractivity (Wildman–Crippen MR) is 198 cm³/mol. The number of benzene rings is 7.